The number of methoxy groups -OCH3 is 1. The van der Waals surface area contributed by atoms with Gasteiger partial charge in [-0.1, -0.05) is 36.4 Å². The molecule has 35 heavy (non-hydrogen) atoms. The lowest BCUT2D eigenvalue weighted by Crippen LogP contribution is -2.07. The van der Waals surface area contributed by atoms with Crippen LogP contribution < -0.4 is 25.5 Å². The van der Waals surface area contributed by atoms with Crippen LogP contribution in [0.4, 0.5) is 29.2 Å². The van der Waals surface area contributed by atoms with Gasteiger partial charge >= 0.3 is 0 Å². The van der Waals surface area contributed by atoms with Gasteiger partial charge in [-0.05, 0) is 48.0 Å². The molecule has 0 aliphatic rings. The Kier molecular flexibility index (Phi) is 7.64. The number of rotatable bonds is 10. The fourth-order valence-electron chi connectivity index (χ4n) is 3.00. The highest BCUT2D eigenvalue weighted by molar-refractivity contribution is 5.81. The van der Waals surface area contributed by atoms with Gasteiger partial charge in [0.1, 0.15) is 6.07 Å². The smallest absolute Gasteiger partial charge is 0.250 e. The molecule has 0 aliphatic carbocycles. The second-order valence-corrected chi connectivity index (χ2v) is 7.02. The molecule has 0 atom stereocenters. The molecular weight excluding hydrogens is 444 g/mol. The van der Waals surface area contributed by atoms with Crippen LogP contribution in [-0.4, -0.2) is 34.9 Å². The zero-order valence-electron chi connectivity index (χ0n) is 18.8. The van der Waals surface area contributed by atoms with Crippen molar-refractivity contribution in [1.29, 1.82) is 5.26 Å². The van der Waals surface area contributed by atoms with Gasteiger partial charge in [0.05, 0.1) is 13.3 Å². The first-order chi connectivity index (χ1) is 17.2. The summed E-state index contributed by atoms with van der Waals surface area (Å²) in [4.78, 5) is 13.3. The first kappa shape index (κ1) is 23.0. The van der Waals surface area contributed by atoms with Crippen molar-refractivity contribution >= 4 is 35.4 Å². The highest BCUT2D eigenvalue weighted by atomic mass is 16.5. The third-order valence-electron chi connectivity index (χ3n) is 4.55. The Morgan fingerprint density at radius 2 is 1.43 bits per heavy atom. The van der Waals surface area contributed by atoms with E-state index in [-0.39, 0.29) is 12.6 Å². The molecule has 0 saturated carbocycles. The third-order valence-corrected chi connectivity index (χ3v) is 4.55. The maximum Gasteiger partial charge on any atom is 0.250 e. The van der Waals surface area contributed by atoms with Gasteiger partial charge in [0.2, 0.25) is 17.8 Å². The largest absolute Gasteiger partial charge is 0.493 e. The van der Waals surface area contributed by atoms with E-state index in [2.05, 4.69) is 36.1 Å². The van der Waals surface area contributed by atoms with E-state index in [0.717, 1.165) is 16.9 Å². The molecule has 0 bridgehead atoms. The van der Waals surface area contributed by atoms with Crippen LogP contribution in [-0.2, 0) is 0 Å². The molecule has 4 rings (SSSR count). The summed E-state index contributed by atoms with van der Waals surface area (Å²) in [7, 11) is 1.53. The topological polar surface area (TPSA) is 129 Å². The normalized spacial score (nSPS) is 10.4. The van der Waals surface area contributed by atoms with Crippen LogP contribution in [0.2, 0.25) is 0 Å². The van der Waals surface area contributed by atoms with Crippen molar-refractivity contribution in [2.75, 3.05) is 29.8 Å². The molecular formula is C25H22N8O2. The van der Waals surface area contributed by atoms with E-state index in [4.69, 9.17) is 14.7 Å². The first-order valence-electron chi connectivity index (χ1n) is 10.6. The summed E-state index contributed by atoms with van der Waals surface area (Å²) in [6.45, 7) is -0.0660. The lowest BCUT2D eigenvalue weighted by Gasteiger charge is -2.10. The third kappa shape index (κ3) is 6.66. The number of para-hydroxylation sites is 2. The number of hydrogen-bond donors (Lipinski definition) is 3. The van der Waals surface area contributed by atoms with Gasteiger partial charge in [-0.25, -0.2) is 5.43 Å². The quantitative estimate of drug-likeness (QED) is 0.225. The van der Waals surface area contributed by atoms with Crippen molar-refractivity contribution in [3.05, 3.63) is 84.4 Å². The van der Waals surface area contributed by atoms with E-state index >= 15 is 0 Å². The van der Waals surface area contributed by atoms with Crippen molar-refractivity contribution in [1.82, 2.24) is 15.0 Å². The summed E-state index contributed by atoms with van der Waals surface area (Å²) in [5, 5.41) is 19.3. The highest BCUT2D eigenvalue weighted by Gasteiger charge is 2.08. The van der Waals surface area contributed by atoms with E-state index in [1.54, 1.807) is 24.4 Å². The first-order valence-corrected chi connectivity index (χ1v) is 10.6. The second-order valence-electron chi connectivity index (χ2n) is 7.02. The van der Waals surface area contributed by atoms with Gasteiger partial charge in [-0.3, -0.25) is 0 Å². The molecule has 174 valence electrons. The van der Waals surface area contributed by atoms with Crippen molar-refractivity contribution in [2.24, 2.45) is 5.10 Å². The van der Waals surface area contributed by atoms with Crippen LogP contribution in [0.3, 0.4) is 0 Å². The number of anilines is 5. The maximum atomic E-state index is 8.70. The van der Waals surface area contributed by atoms with Gasteiger partial charge in [-0.2, -0.15) is 25.3 Å². The molecule has 0 saturated heterocycles. The number of aromatic nitrogens is 3. The van der Waals surface area contributed by atoms with E-state index in [0.29, 0.717) is 23.4 Å². The Balaban J connectivity index is 1.53. The number of ether oxygens (including phenoxy) is 2. The summed E-state index contributed by atoms with van der Waals surface area (Å²) in [6.07, 6.45) is 1.59. The molecule has 0 amide bonds. The zero-order chi connectivity index (χ0) is 24.3. The molecule has 0 unspecified atom stereocenters. The Bertz CT molecular complexity index is 1260. The van der Waals surface area contributed by atoms with Crippen LogP contribution in [0, 0.1) is 11.3 Å². The standard InChI is InChI=1S/C25H22N8O2/c1-34-22-16-18(12-13-21(22)35-15-14-26)17-27-33-25-31-23(28-19-8-4-2-5-9-19)30-24(32-25)29-20-10-6-3-7-11-20/h2-13,16-17H,15H2,1H3,(H3,28,29,30,31,32,33)/b27-17+. The van der Waals surface area contributed by atoms with Crippen LogP contribution >= 0.6 is 0 Å². The minimum absolute atomic E-state index is 0.0660. The summed E-state index contributed by atoms with van der Waals surface area (Å²) >= 11 is 0. The maximum absolute atomic E-state index is 8.70. The monoisotopic (exact) mass is 466 g/mol. The number of benzene rings is 3. The number of nitrogens with zero attached hydrogens (tertiary/aromatic N) is 5. The molecule has 1 heterocycles. The summed E-state index contributed by atoms with van der Waals surface area (Å²) < 4.78 is 10.7. The van der Waals surface area contributed by atoms with Crippen molar-refractivity contribution < 1.29 is 9.47 Å². The van der Waals surface area contributed by atoms with Gasteiger partial charge in [0.15, 0.2) is 18.1 Å². The van der Waals surface area contributed by atoms with Gasteiger partial charge < -0.3 is 20.1 Å². The van der Waals surface area contributed by atoms with E-state index in [9.17, 15) is 0 Å². The van der Waals surface area contributed by atoms with Gasteiger partial charge in [0.25, 0.3) is 0 Å². The zero-order valence-corrected chi connectivity index (χ0v) is 18.8. The average molecular weight is 467 g/mol. The van der Waals surface area contributed by atoms with Crippen LogP contribution in [0.1, 0.15) is 5.56 Å². The molecule has 3 N–H and O–H groups in total. The Hall–Kier alpha value is -5.17. The van der Waals surface area contributed by atoms with Gasteiger partial charge in [0, 0.05) is 11.4 Å². The lowest BCUT2D eigenvalue weighted by atomic mass is 10.2. The number of nitriles is 1. The molecule has 1 aromatic heterocycles. The Morgan fingerprint density at radius 3 is 2.00 bits per heavy atom. The van der Waals surface area contributed by atoms with E-state index in [1.165, 1.54) is 7.11 Å². The summed E-state index contributed by atoms with van der Waals surface area (Å²) in [5.41, 5.74) is 5.27. The van der Waals surface area contributed by atoms with Crippen molar-refractivity contribution in [3.8, 4) is 17.6 Å². The molecule has 4 aromatic rings. The molecule has 0 radical (unpaired) electrons. The van der Waals surface area contributed by atoms with Crippen LogP contribution in [0.25, 0.3) is 0 Å². The summed E-state index contributed by atoms with van der Waals surface area (Å²) in [5.74, 6) is 1.91. The average Bonchev–Trinajstić information content (AvgIpc) is 2.89. The fraction of sp³-hybridized carbons (Fsp3) is 0.0800. The predicted molar refractivity (Wildman–Crippen MR) is 135 cm³/mol. The van der Waals surface area contributed by atoms with Crippen LogP contribution in [0.15, 0.2) is 84.0 Å². The second kappa shape index (κ2) is 11.6. The minimum Gasteiger partial charge on any atom is -0.493 e. The predicted octanol–water partition coefficient (Wildman–Crippen LogP) is 4.72. The Labute approximate surface area is 202 Å². The molecule has 3 aromatic carbocycles. The Morgan fingerprint density at radius 1 is 0.829 bits per heavy atom. The fourth-order valence-corrected chi connectivity index (χ4v) is 3.00. The van der Waals surface area contributed by atoms with Gasteiger partial charge in [-0.15, -0.1) is 0 Å². The van der Waals surface area contributed by atoms with E-state index < -0.39 is 0 Å². The number of hydrazone groups is 1. The van der Waals surface area contributed by atoms with Crippen molar-refractivity contribution in [3.63, 3.8) is 0 Å². The molecule has 10 nitrogen and oxygen atoms in total. The SMILES string of the molecule is COc1cc(/C=N/Nc2nc(Nc3ccccc3)nc(Nc3ccccc3)n2)ccc1OCC#N. The molecule has 10 heteroatoms. The minimum atomic E-state index is -0.0660. The van der Waals surface area contributed by atoms with Crippen molar-refractivity contribution in [2.45, 2.75) is 0 Å². The molecule has 0 fully saturated rings. The molecule has 0 spiro atoms. The lowest BCUT2D eigenvalue weighted by molar-refractivity contribution is 0.329. The number of nitrogens with one attached hydrogen (secondary N) is 3. The highest BCUT2D eigenvalue weighted by Crippen LogP contribution is 2.27. The van der Waals surface area contributed by atoms with E-state index in [1.807, 2.05) is 66.7 Å². The molecule has 0 aliphatic heterocycles. The van der Waals surface area contributed by atoms with Crippen LogP contribution in [0.5, 0.6) is 11.5 Å². The summed E-state index contributed by atoms with van der Waals surface area (Å²) in [6, 6.07) is 26.4. The number of hydrogen-bond acceptors (Lipinski definition) is 10.